The van der Waals surface area contributed by atoms with Crippen LogP contribution in [0.2, 0.25) is 0 Å². The van der Waals surface area contributed by atoms with E-state index in [-0.39, 0.29) is 0 Å². The fraction of sp³-hybridized carbons (Fsp3) is 1.00. The third kappa shape index (κ3) is 10.3. The van der Waals surface area contributed by atoms with Crippen molar-refractivity contribution in [2.45, 2.75) is 39.9 Å². The summed E-state index contributed by atoms with van der Waals surface area (Å²) in [6.45, 7) is 12.7. The summed E-state index contributed by atoms with van der Waals surface area (Å²) in [5, 5.41) is 0. The molecule has 2 unspecified atom stereocenters. The Balaban J connectivity index is 3.55. The molecular weight excluding hydrogens is 323 g/mol. The predicted molar refractivity (Wildman–Crippen MR) is 73.2 cm³/mol. The second-order valence-corrected chi connectivity index (χ2v) is 6.47. The molecule has 0 N–H and O–H groups in total. The molecule has 0 fully saturated rings. The fourth-order valence-electron chi connectivity index (χ4n) is 1.40. The summed E-state index contributed by atoms with van der Waals surface area (Å²) in [5.74, 6) is 0. The van der Waals surface area contributed by atoms with Crippen molar-refractivity contribution in [3.63, 3.8) is 0 Å². The third-order valence-corrected chi connectivity index (χ3v) is 5.56. The third-order valence-electron chi connectivity index (χ3n) is 2.72. The Morgan fingerprint density at radius 1 is 0.882 bits per heavy atom. The van der Waals surface area contributed by atoms with Gasteiger partial charge in [0, 0.05) is 0 Å². The van der Waals surface area contributed by atoms with Gasteiger partial charge in [-0.2, -0.15) is 0 Å². The van der Waals surface area contributed by atoms with Gasteiger partial charge in [0.1, 0.15) is 0 Å². The molecule has 17 heavy (non-hydrogen) atoms. The van der Waals surface area contributed by atoms with Crippen molar-refractivity contribution in [2.24, 2.45) is 0 Å². The van der Waals surface area contributed by atoms with Crippen LogP contribution in [0, 0.1) is 0 Å². The fourth-order valence-corrected chi connectivity index (χ4v) is 2.92. The van der Waals surface area contributed by atoms with Gasteiger partial charge in [0.25, 0.3) is 0 Å². The molecule has 0 aliphatic rings. The molecule has 0 rings (SSSR count). The van der Waals surface area contributed by atoms with E-state index in [4.69, 9.17) is 6.15 Å². The Bertz CT molecular complexity index is 166. The van der Waals surface area contributed by atoms with Crippen LogP contribution in [0.1, 0.15) is 27.7 Å². The van der Waals surface area contributed by atoms with Crippen LogP contribution in [0.5, 0.6) is 0 Å². The zero-order valence-electron chi connectivity index (χ0n) is 12.2. The van der Waals surface area contributed by atoms with Crippen LogP contribution in [-0.4, -0.2) is 84.3 Å². The summed E-state index contributed by atoms with van der Waals surface area (Å²) < 4.78 is 11.6. The number of hydrogen-bond donors (Lipinski definition) is 0. The first-order valence-electron chi connectivity index (χ1n) is 6.42. The van der Waals surface area contributed by atoms with Crippen molar-refractivity contribution in [3.8, 4) is 0 Å². The average Bonchev–Trinajstić information content (AvgIpc) is 2.28. The van der Waals surface area contributed by atoms with Gasteiger partial charge in [0.05, 0.1) is 0 Å². The van der Waals surface area contributed by atoms with Crippen molar-refractivity contribution >= 4 is 22.0 Å². The van der Waals surface area contributed by atoms with Crippen LogP contribution in [0.25, 0.3) is 0 Å². The summed E-state index contributed by atoms with van der Waals surface area (Å²) in [5.41, 5.74) is 0. The molecule has 0 spiro atoms. The van der Waals surface area contributed by atoms with Crippen LogP contribution in [-0.2, 0) is 6.15 Å². The van der Waals surface area contributed by atoms with E-state index in [0.29, 0.717) is 12.2 Å². The predicted octanol–water partition coefficient (Wildman–Crippen LogP) is 1.23. The molecule has 0 amide bonds. The monoisotopic (exact) mass is 352 g/mol. The molecule has 0 aromatic heterocycles. The first-order valence-corrected chi connectivity index (χ1v) is 8.75. The van der Waals surface area contributed by atoms with Gasteiger partial charge < -0.3 is 0 Å². The van der Waals surface area contributed by atoms with E-state index >= 15 is 0 Å². The van der Waals surface area contributed by atoms with Gasteiger partial charge in [0.15, 0.2) is 0 Å². The second-order valence-electron chi connectivity index (χ2n) is 4.65. The topological polar surface area (TPSA) is 24.9 Å². The van der Waals surface area contributed by atoms with Crippen molar-refractivity contribution < 1.29 is 6.15 Å². The second kappa shape index (κ2) is 10.6. The van der Waals surface area contributed by atoms with E-state index in [1.807, 2.05) is 0 Å². The van der Waals surface area contributed by atoms with E-state index in [2.05, 4.69) is 51.6 Å². The number of likely N-dealkylation sites (N-methyl/N-ethyl adjacent to an activating group) is 2. The Morgan fingerprint density at radius 2 is 1.24 bits per heavy atom. The van der Waals surface area contributed by atoms with Crippen LogP contribution < -0.4 is 0 Å². The van der Waals surface area contributed by atoms with Crippen molar-refractivity contribution in [3.05, 3.63) is 0 Å². The van der Waals surface area contributed by atoms with Crippen LogP contribution >= 0.6 is 0 Å². The first kappa shape index (κ1) is 17.6. The molecule has 5 heteroatoms. The zero-order chi connectivity index (χ0) is 13.3. The normalized spacial score (nSPS) is 15.5. The quantitative estimate of drug-likeness (QED) is 0.553. The Morgan fingerprint density at radius 3 is 1.53 bits per heavy atom. The number of rotatable bonds is 10. The van der Waals surface area contributed by atoms with E-state index in [0.717, 1.165) is 26.2 Å². The Kier molecular flexibility index (Phi) is 10.9. The minimum absolute atomic E-state index is 0.294. The van der Waals surface area contributed by atoms with Crippen molar-refractivity contribution in [1.82, 2.24) is 9.80 Å². The maximum absolute atomic E-state index is 5.79. The number of nitrogens with zero attached hydrogens (tertiary/aromatic N) is 2. The summed E-state index contributed by atoms with van der Waals surface area (Å²) in [7, 11) is 4.23. The SMILES string of the molecule is CCN(C)CC(C)[O][Sn][O]C(C)CN(C)CC. The molecule has 2 radical (unpaired) electrons. The molecule has 0 saturated heterocycles. The molecule has 2 atom stereocenters. The first-order chi connectivity index (χ1) is 7.99. The Hall–Kier alpha value is 0.639. The molecule has 0 aromatic carbocycles. The summed E-state index contributed by atoms with van der Waals surface area (Å²) >= 11 is -1.11. The van der Waals surface area contributed by atoms with E-state index in [1.54, 1.807) is 0 Å². The zero-order valence-corrected chi connectivity index (χ0v) is 15.0. The van der Waals surface area contributed by atoms with Crippen LogP contribution in [0.3, 0.4) is 0 Å². The van der Waals surface area contributed by atoms with Gasteiger partial charge in [-0.15, -0.1) is 0 Å². The van der Waals surface area contributed by atoms with Gasteiger partial charge >= 0.3 is 118 Å². The van der Waals surface area contributed by atoms with Gasteiger partial charge in [0.2, 0.25) is 0 Å². The van der Waals surface area contributed by atoms with E-state index in [1.165, 1.54) is 0 Å². The molecule has 102 valence electrons. The Labute approximate surface area is 118 Å². The van der Waals surface area contributed by atoms with E-state index < -0.39 is 22.0 Å². The van der Waals surface area contributed by atoms with Crippen molar-refractivity contribution in [2.75, 3.05) is 40.3 Å². The minimum atomic E-state index is -1.11. The van der Waals surface area contributed by atoms with Crippen molar-refractivity contribution in [1.29, 1.82) is 0 Å². The van der Waals surface area contributed by atoms with Crippen LogP contribution in [0.4, 0.5) is 0 Å². The molecule has 4 nitrogen and oxygen atoms in total. The summed E-state index contributed by atoms with van der Waals surface area (Å²) in [6, 6.07) is 0. The number of hydrogen-bond acceptors (Lipinski definition) is 4. The molecule has 0 heterocycles. The van der Waals surface area contributed by atoms with E-state index in [9.17, 15) is 0 Å². The summed E-state index contributed by atoms with van der Waals surface area (Å²) in [4.78, 5) is 4.52. The maximum atomic E-state index is 5.79. The molecule has 0 aromatic rings. The van der Waals surface area contributed by atoms with Gasteiger partial charge in [-0.25, -0.2) is 0 Å². The molecule has 0 saturated carbocycles. The average molecular weight is 351 g/mol. The van der Waals surface area contributed by atoms with Gasteiger partial charge in [-0.1, -0.05) is 0 Å². The van der Waals surface area contributed by atoms with Gasteiger partial charge in [-0.3, -0.25) is 0 Å². The molecule has 0 bridgehead atoms. The molecular formula is C12H28N2O2Sn. The summed E-state index contributed by atoms with van der Waals surface area (Å²) in [6.07, 6.45) is 0.588. The molecule has 0 aliphatic carbocycles. The molecule has 0 aliphatic heterocycles. The standard InChI is InChI=1S/2C6H14NO.Sn/c2*1-4-7(3)5-6(2)8;/h2*6H,4-5H2,1-3H3;/q2*-1;+2. The van der Waals surface area contributed by atoms with Crippen LogP contribution in [0.15, 0.2) is 0 Å². The van der Waals surface area contributed by atoms with Gasteiger partial charge in [-0.05, 0) is 0 Å².